The Bertz CT molecular complexity index is 771. The van der Waals surface area contributed by atoms with Crippen LogP contribution < -0.4 is 0 Å². The summed E-state index contributed by atoms with van der Waals surface area (Å²) in [5.41, 5.74) is -1.02. The maximum Gasteiger partial charge on any atom is 0.159 e. The van der Waals surface area contributed by atoms with Gasteiger partial charge in [-0.2, -0.15) is 5.26 Å². The third kappa shape index (κ3) is 2.17. The van der Waals surface area contributed by atoms with Gasteiger partial charge in [0.05, 0.1) is 15.7 Å². The van der Waals surface area contributed by atoms with Crippen molar-refractivity contribution in [2.24, 2.45) is 28.6 Å². The largest absolute Gasteiger partial charge is 0.389 e. The summed E-state index contributed by atoms with van der Waals surface area (Å²) in [6, 6.07) is 2.29. The van der Waals surface area contributed by atoms with Crippen molar-refractivity contribution >= 4 is 23.5 Å². The molecule has 0 aromatic carbocycles. The number of fused-ring (bicyclic) bond motifs is 5. The highest BCUT2D eigenvalue weighted by molar-refractivity contribution is 8.21. The highest BCUT2D eigenvalue weighted by Gasteiger charge is 2.71. The van der Waals surface area contributed by atoms with E-state index in [1.165, 1.54) is 17.1 Å². The van der Waals surface area contributed by atoms with Crippen LogP contribution in [0.1, 0.15) is 65.7 Å². The predicted octanol–water partition coefficient (Wildman–Crippen LogP) is 4.74. The van der Waals surface area contributed by atoms with E-state index < -0.39 is 16.6 Å². The third-order valence-corrected chi connectivity index (χ3v) is 13.2. The van der Waals surface area contributed by atoms with Crippen LogP contribution in [0.5, 0.6) is 0 Å². The fourth-order valence-electron chi connectivity index (χ4n) is 7.91. The lowest BCUT2D eigenvalue weighted by Gasteiger charge is -2.63. The Morgan fingerprint density at radius 3 is 2.46 bits per heavy atom. The van der Waals surface area contributed by atoms with Crippen LogP contribution in [0.15, 0.2) is 11.6 Å². The van der Waals surface area contributed by atoms with Gasteiger partial charge >= 0.3 is 0 Å². The van der Waals surface area contributed by atoms with Crippen molar-refractivity contribution in [2.75, 3.05) is 11.5 Å². The van der Waals surface area contributed by atoms with E-state index in [0.29, 0.717) is 6.42 Å². The molecule has 0 unspecified atom stereocenters. The lowest BCUT2D eigenvalue weighted by atomic mass is 9.44. The van der Waals surface area contributed by atoms with Crippen LogP contribution in [0, 0.1) is 39.9 Å². The first kappa shape index (κ1) is 19.8. The fraction of sp³-hybridized carbons (Fsp3) is 0.870. The lowest BCUT2D eigenvalue weighted by molar-refractivity contribution is -0.204. The van der Waals surface area contributed by atoms with E-state index in [-0.39, 0.29) is 27.2 Å². The van der Waals surface area contributed by atoms with Crippen LogP contribution in [-0.4, -0.2) is 37.0 Å². The van der Waals surface area contributed by atoms with Crippen molar-refractivity contribution in [3.8, 4) is 6.07 Å². The van der Waals surface area contributed by atoms with E-state index in [1.807, 2.05) is 6.92 Å². The first-order chi connectivity index (χ1) is 13.1. The summed E-state index contributed by atoms with van der Waals surface area (Å²) in [6.45, 7) is 6.47. The molecule has 0 bridgehead atoms. The standard InChI is InChI=1S/C23H33NO2S2/c1-15-12-18-17-5-4-16-13-21(27-10-11-28-21)8-6-19(16,2)22(17,25)9-7-20(18,3)23(15,26)14-24/h13,15,17-18,25-26H,4-12H2,1-3H3/t15-,17-,18-,19-,20-,22+,23+/m0/s1. The molecule has 5 rings (SSSR count). The van der Waals surface area contributed by atoms with Gasteiger partial charge in [-0.15, -0.1) is 23.5 Å². The number of hydrogen-bond acceptors (Lipinski definition) is 5. The van der Waals surface area contributed by atoms with Crippen molar-refractivity contribution in [2.45, 2.75) is 81.0 Å². The van der Waals surface area contributed by atoms with Crippen LogP contribution in [-0.2, 0) is 0 Å². The smallest absolute Gasteiger partial charge is 0.159 e. The molecular formula is C23H33NO2S2. The number of rotatable bonds is 0. The Morgan fingerprint density at radius 2 is 1.79 bits per heavy atom. The van der Waals surface area contributed by atoms with E-state index >= 15 is 0 Å². The van der Waals surface area contributed by atoms with Gasteiger partial charge in [0.1, 0.15) is 0 Å². The number of nitrogens with zero attached hydrogens (tertiary/aromatic N) is 1. The molecule has 1 aliphatic heterocycles. The zero-order valence-electron chi connectivity index (χ0n) is 17.3. The number of hydrogen-bond donors (Lipinski definition) is 2. The minimum atomic E-state index is -1.26. The lowest BCUT2D eigenvalue weighted by Crippen LogP contribution is -2.65. The van der Waals surface area contributed by atoms with Crippen molar-refractivity contribution in [3.05, 3.63) is 11.6 Å². The Hall–Kier alpha value is -0.150. The molecule has 0 amide bonds. The van der Waals surface area contributed by atoms with Crippen LogP contribution in [0.25, 0.3) is 0 Å². The van der Waals surface area contributed by atoms with E-state index in [2.05, 4.69) is 49.5 Å². The summed E-state index contributed by atoms with van der Waals surface area (Å²) >= 11 is 4.20. The minimum absolute atomic E-state index is 0.0273. The molecule has 0 aromatic heterocycles. The molecule has 1 spiro atoms. The molecule has 0 radical (unpaired) electrons. The Morgan fingerprint density at radius 1 is 1.07 bits per heavy atom. The van der Waals surface area contributed by atoms with Crippen molar-refractivity contribution in [1.29, 1.82) is 5.26 Å². The van der Waals surface area contributed by atoms with Crippen LogP contribution in [0.3, 0.4) is 0 Å². The molecule has 3 nitrogen and oxygen atoms in total. The van der Waals surface area contributed by atoms with Gasteiger partial charge in [0.15, 0.2) is 5.60 Å². The second kappa shape index (κ2) is 5.96. The second-order valence-corrected chi connectivity index (χ2v) is 13.7. The number of aliphatic hydroxyl groups is 2. The molecular weight excluding hydrogens is 386 g/mol. The van der Waals surface area contributed by atoms with Gasteiger partial charge in [0.25, 0.3) is 0 Å². The minimum Gasteiger partial charge on any atom is -0.389 e. The summed E-state index contributed by atoms with van der Waals surface area (Å²) in [4.78, 5) is 0. The van der Waals surface area contributed by atoms with Gasteiger partial charge < -0.3 is 10.2 Å². The Kier molecular flexibility index (Phi) is 4.22. The van der Waals surface area contributed by atoms with Gasteiger partial charge in [-0.05, 0) is 62.7 Å². The molecule has 4 aliphatic carbocycles. The van der Waals surface area contributed by atoms with Gasteiger partial charge in [-0.25, -0.2) is 0 Å². The number of nitriles is 1. The number of thioether (sulfide) groups is 2. The Balaban J connectivity index is 1.54. The van der Waals surface area contributed by atoms with Gasteiger partial charge in [0.2, 0.25) is 0 Å². The van der Waals surface area contributed by atoms with Crippen molar-refractivity contribution < 1.29 is 10.2 Å². The molecule has 3 saturated carbocycles. The maximum atomic E-state index is 12.2. The summed E-state index contributed by atoms with van der Waals surface area (Å²) in [5.74, 6) is 2.87. The van der Waals surface area contributed by atoms with Gasteiger partial charge in [0, 0.05) is 22.3 Å². The molecule has 5 heteroatoms. The summed E-state index contributed by atoms with van der Waals surface area (Å²) in [7, 11) is 0. The first-order valence-corrected chi connectivity index (χ1v) is 13.0. The van der Waals surface area contributed by atoms with Gasteiger partial charge in [-0.1, -0.05) is 32.4 Å². The van der Waals surface area contributed by atoms with E-state index in [0.717, 1.165) is 38.5 Å². The summed E-state index contributed by atoms with van der Waals surface area (Å²) in [5, 5.41) is 33.4. The highest BCUT2D eigenvalue weighted by Crippen LogP contribution is 2.71. The molecule has 154 valence electrons. The highest BCUT2D eigenvalue weighted by atomic mass is 32.2. The third-order valence-electron chi connectivity index (χ3n) is 9.84. The Labute approximate surface area is 177 Å². The normalized spacial score (nSPS) is 54.4. The summed E-state index contributed by atoms with van der Waals surface area (Å²) in [6.07, 6.45) is 9.14. The molecule has 28 heavy (non-hydrogen) atoms. The average molecular weight is 420 g/mol. The fourth-order valence-corrected chi connectivity index (χ4v) is 11.0. The SMILES string of the molecule is C[C@H]1C[C@H]2[C@@H]3CCC4=CC5(CC[C@]4(C)[C@@]3(O)CC[C@]2(C)[C@@]1(O)C#N)SCCS5. The molecule has 7 atom stereocenters. The topological polar surface area (TPSA) is 64.2 Å². The zero-order chi connectivity index (χ0) is 20.0. The molecule has 1 heterocycles. The monoisotopic (exact) mass is 419 g/mol. The molecule has 1 saturated heterocycles. The maximum absolute atomic E-state index is 12.2. The van der Waals surface area contributed by atoms with E-state index in [9.17, 15) is 15.5 Å². The molecule has 4 fully saturated rings. The molecule has 0 aromatic rings. The quantitative estimate of drug-likeness (QED) is 0.438. The van der Waals surface area contributed by atoms with Crippen LogP contribution in [0.4, 0.5) is 0 Å². The zero-order valence-corrected chi connectivity index (χ0v) is 19.0. The van der Waals surface area contributed by atoms with Crippen molar-refractivity contribution in [1.82, 2.24) is 0 Å². The molecule has 2 N–H and O–H groups in total. The molecule has 5 aliphatic rings. The van der Waals surface area contributed by atoms with Gasteiger partial charge in [-0.3, -0.25) is 0 Å². The average Bonchev–Trinajstić information content (AvgIpc) is 3.20. The van der Waals surface area contributed by atoms with Crippen LogP contribution in [0.2, 0.25) is 0 Å². The van der Waals surface area contributed by atoms with Crippen molar-refractivity contribution in [3.63, 3.8) is 0 Å². The van der Waals surface area contributed by atoms with Crippen LogP contribution >= 0.6 is 23.5 Å². The van der Waals surface area contributed by atoms with E-state index in [4.69, 9.17) is 0 Å². The predicted molar refractivity (Wildman–Crippen MR) is 116 cm³/mol. The second-order valence-electron chi connectivity index (χ2n) is 10.6. The summed E-state index contributed by atoms with van der Waals surface area (Å²) < 4.78 is 0.254. The first-order valence-electron chi connectivity index (χ1n) is 11.0. The van der Waals surface area contributed by atoms with E-state index in [1.54, 1.807) is 0 Å².